The Morgan fingerprint density at radius 1 is 1.24 bits per heavy atom. The molecule has 4 unspecified atom stereocenters. The molecule has 1 aromatic carbocycles. The molecule has 1 aliphatic carbocycles. The number of nitrogens with one attached hydrogen (secondary N) is 1. The highest BCUT2D eigenvalue weighted by Gasteiger charge is 2.61. The molecule has 1 aromatic heterocycles. The van der Waals surface area contributed by atoms with Crippen molar-refractivity contribution in [3.8, 4) is 11.6 Å². The zero-order valence-corrected chi connectivity index (χ0v) is 22.9. The van der Waals surface area contributed by atoms with Crippen LogP contribution in [0.15, 0.2) is 41.0 Å². The quantitative estimate of drug-likeness (QED) is 0.525. The van der Waals surface area contributed by atoms with Crippen molar-refractivity contribution in [2.45, 2.75) is 49.8 Å². The third-order valence-corrected chi connectivity index (χ3v) is 8.49. The number of aliphatic carboxylic acids is 1. The van der Waals surface area contributed by atoms with E-state index in [0.29, 0.717) is 24.6 Å². The van der Waals surface area contributed by atoms with E-state index in [9.17, 15) is 19.5 Å². The Balaban J connectivity index is 1.42. The average molecular weight is 587 g/mol. The first kappa shape index (κ1) is 26.3. The van der Waals surface area contributed by atoms with Gasteiger partial charge in [-0.05, 0) is 59.8 Å². The molecule has 2 aliphatic heterocycles. The Labute approximate surface area is 229 Å². The number of benzene rings is 1. The van der Waals surface area contributed by atoms with Crippen LogP contribution in [-0.4, -0.2) is 82.7 Å². The van der Waals surface area contributed by atoms with Gasteiger partial charge in [0.2, 0.25) is 11.8 Å². The zero-order valence-electron chi connectivity index (χ0n) is 21.4. The van der Waals surface area contributed by atoms with E-state index in [0.717, 1.165) is 34.5 Å². The van der Waals surface area contributed by atoms with Gasteiger partial charge in [-0.15, -0.1) is 0 Å². The van der Waals surface area contributed by atoms with Crippen molar-refractivity contribution in [2.24, 2.45) is 5.92 Å². The van der Waals surface area contributed by atoms with Gasteiger partial charge < -0.3 is 29.7 Å². The van der Waals surface area contributed by atoms with Gasteiger partial charge >= 0.3 is 12.0 Å². The van der Waals surface area contributed by atoms with Crippen LogP contribution in [0.3, 0.4) is 0 Å². The van der Waals surface area contributed by atoms with E-state index in [1.165, 1.54) is 4.90 Å². The number of hydrogen-bond donors (Lipinski definition) is 2. The molecule has 2 aromatic rings. The molecular weight excluding hydrogens is 556 g/mol. The molecule has 1 saturated carbocycles. The second-order valence-electron chi connectivity index (χ2n) is 10.1. The summed E-state index contributed by atoms with van der Waals surface area (Å²) in [5.74, 6) is -0.738. The smallest absolute Gasteiger partial charge is 0.330 e. The van der Waals surface area contributed by atoms with Crippen LogP contribution < -0.4 is 14.8 Å². The predicted octanol–water partition coefficient (Wildman–Crippen LogP) is 3.58. The number of carbonyl (C=O) groups is 3. The molecule has 2 fully saturated rings. The number of ether oxygens (including phenoxy) is 2. The van der Waals surface area contributed by atoms with Crippen LogP contribution in [-0.2, 0) is 9.59 Å². The average Bonchev–Trinajstić information content (AvgIpc) is 3.43. The zero-order chi connectivity index (χ0) is 27.0. The number of carboxylic acids is 1. The molecule has 5 rings (SSSR count). The van der Waals surface area contributed by atoms with Crippen molar-refractivity contribution in [3.05, 3.63) is 41.0 Å². The van der Waals surface area contributed by atoms with E-state index >= 15 is 0 Å². The fraction of sp³-hybridized carbons (Fsp3) is 0.481. The summed E-state index contributed by atoms with van der Waals surface area (Å²) in [4.78, 5) is 46.6. The minimum absolute atomic E-state index is 0.181. The van der Waals surface area contributed by atoms with Gasteiger partial charge in [-0.2, -0.15) is 0 Å². The second kappa shape index (κ2) is 10.4. The van der Waals surface area contributed by atoms with Crippen LogP contribution in [0, 0.1) is 5.92 Å². The van der Waals surface area contributed by atoms with Gasteiger partial charge in [0.15, 0.2) is 0 Å². The first-order valence-corrected chi connectivity index (χ1v) is 13.6. The number of methoxy groups -OCH3 is 1. The van der Waals surface area contributed by atoms with Crippen LogP contribution in [0.4, 0.5) is 4.79 Å². The molecule has 202 valence electrons. The molecule has 10 nitrogen and oxygen atoms in total. The summed E-state index contributed by atoms with van der Waals surface area (Å²) in [5.41, 5.74) is -1.33. The lowest BCUT2D eigenvalue weighted by Crippen LogP contribution is -2.54. The normalized spacial score (nSPS) is 28.7. The van der Waals surface area contributed by atoms with E-state index in [4.69, 9.17) is 9.47 Å². The van der Waals surface area contributed by atoms with Crippen LogP contribution in [0.2, 0.25) is 0 Å². The number of aromatic nitrogens is 1. The van der Waals surface area contributed by atoms with Crippen LogP contribution in [0.5, 0.6) is 11.6 Å². The van der Waals surface area contributed by atoms with Crippen molar-refractivity contribution in [1.82, 2.24) is 20.1 Å². The summed E-state index contributed by atoms with van der Waals surface area (Å²) >= 11 is 3.57. The Kier molecular flexibility index (Phi) is 7.21. The molecule has 3 heterocycles. The fourth-order valence-corrected chi connectivity index (χ4v) is 6.02. The van der Waals surface area contributed by atoms with Crippen molar-refractivity contribution in [2.75, 3.05) is 27.2 Å². The molecule has 3 amide bonds. The van der Waals surface area contributed by atoms with E-state index < -0.39 is 29.6 Å². The largest absolute Gasteiger partial charge is 0.496 e. The van der Waals surface area contributed by atoms with Crippen molar-refractivity contribution < 1.29 is 29.0 Å². The number of allylic oxidation sites excluding steroid dienone is 1. The number of urea groups is 1. The van der Waals surface area contributed by atoms with Gasteiger partial charge in [-0.25, -0.2) is 14.6 Å². The third kappa shape index (κ3) is 4.79. The minimum atomic E-state index is -1.33. The van der Waals surface area contributed by atoms with Crippen LogP contribution >= 0.6 is 15.9 Å². The number of carbonyl (C=O) groups excluding carboxylic acids is 2. The Hall–Kier alpha value is -3.34. The maximum Gasteiger partial charge on any atom is 0.330 e. The topological polar surface area (TPSA) is 121 Å². The summed E-state index contributed by atoms with van der Waals surface area (Å²) < 4.78 is 12.5. The number of rotatable bonds is 4. The molecule has 2 N–H and O–H groups in total. The Bertz CT molecular complexity index is 1300. The summed E-state index contributed by atoms with van der Waals surface area (Å²) in [6, 6.07) is 4.38. The van der Waals surface area contributed by atoms with E-state index in [1.807, 2.05) is 30.4 Å². The molecule has 3 aliphatic rings. The molecule has 0 bridgehead atoms. The number of amides is 3. The highest BCUT2D eigenvalue weighted by Crippen LogP contribution is 2.45. The van der Waals surface area contributed by atoms with Gasteiger partial charge in [0.1, 0.15) is 23.4 Å². The lowest BCUT2D eigenvalue weighted by atomic mass is 10.1. The van der Waals surface area contributed by atoms with Crippen molar-refractivity contribution in [1.29, 1.82) is 0 Å². The Morgan fingerprint density at radius 3 is 2.82 bits per heavy atom. The van der Waals surface area contributed by atoms with E-state index in [2.05, 4.69) is 26.2 Å². The third-order valence-electron chi connectivity index (χ3n) is 7.67. The predicted molar refractivity (Wildman–Crippen MR) is 143 cm³/mol. The lowest BCUT2D eigenvalue weighted by Gasteiger charge is -2.29. The summed E-state index contributed by atoms with van der Waals surface area (Å²) in [6.45, 7) is 0.742. The molecule has 1 saturated heterocycles. The SMILES string of the molecule is COc1ccc2c(OC3CC4C(=O)NC5(C(=O)O)CC5/C=C/CCCCN(C)C(=O)N4C3)nccc2c1Br. The molecule has 0 radical (unpaired) electrons. The Morgan fingerprint density at radius 2 is 2.05 bits per heavy atom. The number of pyridine rings is 1. The second-order valence-corrected chi connectivity index (χ2v) is 10.9. The summed E-state index contributed by atoms with van der Waals surface area (Å²) in [6.07, 6.45) is 8.05. The molecule has 4 atom stereocenters. The number of nitrogens with zero attached hydrogens (tertiary/aromatic N) is 3. The number of carboxylic acid groups (broad SMARTS) is 1. The molecule has 11 heteroatoms. The standard InChI is InChI=1S/C27H31BrN4O6/c1-31-12-6-4-3-5-7-16-14-27(16,25(34)35)30-23(33)20-13-17(15-32(20)26(31)36)38-24-19-8-9-21(37-2)22(28)18(19)10-11-29-24/h5,7-11,16-17,20H,3-4,6,12-15H2,1-2H3,(H,30,33)(H,34,35)/b7-5+. The van der Waals surface area contributed by atoms with Gasteiger partial charge in [0, 0.05) is 42.9 Å². The van der Waals surface area contributed by atoms with E-state index in [1.54, 1.807) is 25.3 Å². The number of halogens is 1. The highest BCUT2D eigenvalue weighted by molar-refractivity contribution is 9.10. The van der Waals surface area contributed by atoms with Gasteiger partial charge in [-0.1, -0.05) is 12.2 Å². The van der Waals surface area contributed by atoms with Crippen LogP contribution in [0.25, 0.3) is 10.8 Å². The van der Waals surface area contributed by atoms with Crippen molar-refractivity contribution in [3.63, 3.8) is 0 Å². The fourth-order valence-electron chi connectivity index (χ4n) is 5.38. The van der Waals surface area contributed by atoms with E-state index in [-0.39, 0.29) is 24.9 Å². The number of fused-ring (bicyclic) bond motifs is 3. The van der Waals surface area contributed by atoms with Crippen molar-refractivity contribution >= 4 is 44.6 Å². The first-order chi connectivity index (χ1) is 18.2. The first-order valence-electron chi connectivity index (χ1n) is 12.8. The maximum absolute atomic E-state index is 13.5. The summed E-state index contributed by atoms with van der Waals surface area (Å²) in [5, 5.41) is 14.3. The number of hydrogen-bond acceptors (Lipinski definition) is 6. The van der Waals surface area contributed by atoms with Gasteiger partial charge in [0.25, 0.3) is 0 Å². The lowest BCUT2D eigenvalue weighted by molar-refractivity contribution is -0.144. The monoisotopic (exact) mass is 586 g/mol. The maximum atomic E-state index is 13.5. The highest BCUT2D eigenvalue weighted by atomic mass is 79.9. The van der Waals surface area contributed by atoms with Gasteiger partial charge in [-0.3, -0.25) is 4.79 Å². The molecule has 0 spiro atoms. The summed E-state index contributed by atoms with van der Waals surface area (Å²) in [7, 11) is 3.32. The minimum Gasteiger partial charge on any atom is -0.496 e. The molecular formula is C27H31BrN4O6. The molecule has 38 heavy (non-hydrogen) atoms. The van der Waals surface area contributed by atoms with Gasteiger partial charge in [0.05, 0.1) is 18.1 Å². The van der Waals surface area contributed by atoms with Crippen LogP contribution in [0.1, 0.15) is 32.1 Å².